The average molecular weight is 387 g/mol. The van der Waals surface area contributed by atoms with Crippen molar-refractivity contribution in [2.24, 2.45) is 5.73 Å². The molecule has 1 saturated heterocycles. The number of halogens is 1. The second-order valence-electron chi connectivity index (χ2n) is 7.99. The van der Waals surface area contributed by atoms with Crippen LogP contribution in [0, 0.1) is 0 Å². The Morgan fingerprint density at radius 2 is 2.11 bits per heavy atom. The molecule has 6 nitrogen and oxygen atoms in total. The number of nitrogens with zero attached hydrogens (tertiary/aromatic N) is 2. The molecule has 1 aromatic carbocycles. The second kappa shape index (κ2) is 6.33. The number of rotatable bonds is 4. The first-order chi connectivity index (χ1) is 13.0. The summed E-state index contributed by atoms with van der Waals surface area (Å²) in [5.74, 6) is 0.224. The van der Waals surface area contributed by atoms with Crippen LogP contribution in [0.5, 0.6) is 0 Å². The Morgan fingerprint density at radius 3 is 2.81 bits per heavy atom. The zero-order valence-electron chi connectivity index (χ0n) is 15.1. The summed E-state index contributed by atoms with van der Waals surface area (Å²) < 4.78 is 6.24. The molecule has 1 spiro atoms. The fraction of sp³-hybridized carbons (Fsp3) is 0.500. The molecule has 3 aliphatic rings. The molecule has 3 heterocycles. The number of nitrogens with one attached hydrogen (secondary N) is 1. The van der Waals surface area contributed by atoms with Crippen LogP contribution >= 0.6 is 11.6 Å². The minimum absolute atomic E-state index is 0.442. The molecule has 7 heteroatoms. The second-order valence-corrected chi connectivity index (χ2v) is 8.43. The SMILES string of the molecule is NC(=O)C1OC2(CCN(Cc3cc(C4CC4)n[nH]3)CC2)c2cc(Cl)ccc21. The minimum atomic E-state index is -0.683. The predicted octanol–water partition coefficient (Wildman–Crippen LogP) is 2.99. The number of nitrogens with two attached hydrogens (primary N) is 1. The lowest BCUT2D eigenvalue weighted by atomic mass is 9.83. The average Bonchev–Trinajstić information content (AvgIpc) is 3.33. The van der Waals surface area contributed by atoms with Gasteiger partial charge in [0.1, 0.15) is 0 Å². The molecule has 27 heavy (non-hydrogen) atoms. The lowest BCUT2D eigenvalue weighted by Crippen LogP contribution is -2.42. The Bertz CT molecular complexity index is 884. The van der Waals surface area contributed by atoms with E-state index in [-0.39, 0.29) is 0 Å². The molecule has 1 atom stereocenters. The number of hydrogen-bond donors (Lipinski definition) is 2. The van der Waals surface area contributed by atoms with E-state index in [0.717, 1.165) is 43.6 Å². The van der Waals surface area contributed by atoms with Crippen molar-refractivity contribution in [2.45, 2.75) is 49.9 Å². The van der Waals surface area contributed by atoms with E-state index in [1.54, 1.807) is 6.07 Å². The van der Waals surface area contributed by atoms with Gasteiger partial charge in [-0.1, -0.05) is 17.7 Å². The van der Waals surface area contributed by atoms with E-state index >= 15 is 0 Å². The topological polar surface area (TPSA) is 84.2 Å². The van der Waals surface area contributed by atoms with Crippen LogP contribution < -0.4 is 5.73 Å². The highest BCUT2D eigenvalue weighted by atomic mass is 35.5. The molecule has 2 aromatic rings. The Morgan fingerprint density at radius 1 is 1.33 bits per heavy atom. The smallest absolute Gasteiger partial charge is 0.251 e. The number of benzene rings is 1. The third-order valence-corrected chi connectivity index (χ3v) is 6.33. The zero-order valence-corrected chi connectivity index (χ0v) is 15.8. The molecule has 1 aliphatic carbocycles. The summed E-state index contributed by atoms with van der Waals surface area (Å²) in [5.41, 5.74) is 9.37. The van der Waals surface area contributed by atoms with Gasteiger partial charge in [-0.2, -0.15) is 5.10 Å². The van der Waals surface area contributed by atoms with E-state index in [1.807, 2.05) is 12.1 Å². The Balaban J connectivity index is 1.31. The molecular weight excluding hydrogens is 364 g/mol. The number of hydrogen-bond acceptors (Lipinski definition) is 4. The molecular formula is C20H23ClN4O2. The first kappa shape index (κ1) is 17.2. The van der Waals surface area contributed by atoms with Crippen molar-refractivity contribution in [2.75, 3.05) is 13.1 Å². The maximum atomic E-state index is 11.9. The fourth-order valence-corrected chi connectivity index (χ4v) is 4.64. The first-order valence-electron chi connectivity index (χ1n) is 9.58. The summed E-state index contributed by atoms with van der Waals surface area (Å²) in [6, 6.07) is 7.81. The van der Waals surface area contributed by atoms with Crippen LogP contribution in [0.1, 0.15) is 60.2 Å². The summed E-state index contributed by atoms with van der Waals surface area (Å²) in [4.78, 5) is 14.3. The van der Waals surface area contributed by atoms with Crippen LogP contribution in [0.2, 0.25) is 5.02 Å². The Labute approximate surface area is 163 Å². The van der Waals surface area contributed by atoms with Gasteiger partial charge in [-0.15, -0.1) is 0 Å². The number of H-pyrrole nitrogens is 1. The highest BCUT2D eigenvalue weighted by Crippen LogP contribution is 2.50. The highest BCUT2D eigenvalue weighted by Gasteiger charge is 2.48. The number of likely N-dealkylation sites (tertiary alicyclic amines) is 1. The van der Waals surface area contributed by atoms with Gasteiger partial charge in [-0.05, 0) is 55.0 Å². The molecule has 0 bridgehead atoms. The maximum absolute atomic E-state index is 11.9. The number of amides is 1. The summed E-state index contributed by atoms with van der Waals surface area (Å²) in [6.45, 7) is 2.63. The van der Waals surface area contributed by atoms with Crippen molar-refractivity contribution in [1.82, 2.24) is 15.1 Å². The van der Waals surface area contributed by atoms with Gasteiger partial charge in [-0.3, -0.25) is 14.8 Å². The van der Waals surface area contributed by atoms with Crippen molar-refractivity contribution >= 4 is 17.5 Å². The third-order valence-electron chi connectivity index (χ3n) is 6.09. The van der Waals surface area contributed by atoms with E-state index in [9.17, 15) is 4.79 Å². The Hall–Kier alpha value is -1.89. The molecule has 0 radical (unpaired) electrons. The maximum Gasteiger partial charge on any atom is 0.251 e. The number of carbonyl (C=O) groups excluding carboxylic acids is 1. The number of carbonyl (C=O) groups is 1. The van der Waals surface area contributed by atoms with Crippen LogP contribution in [0.15, 0.2) is 24.3 Å². The monoisotopic (exact) mass is 386 g/mol. The lowest BCUT2D eigenvalue weighted by molar-refractivity contribution is -0.148. The number of piperidine rings is 1. The lowest BCUT2D eigenvalue weighted by Gasteiger charge is -2.39. The molecule has 1 amide bonds. The van der Waals surface area contributed by atoms with E-state index in [4.69, 9.17) is 22.1 Å². The fourth-order valence-electron chi connectivity index (χ4n) is 4.46. The van der Waals surface area contributed by atoms with Crippen LogP contribution in [0.4, 0.5) is 0 Å². The summed E-state index contributed by atoms with van der Waals surface area (Å²) in [5, 5.41) is 8.28. The number of fused-ring (bicyclic) bond motifs is 2. The summed E-state index contributed by atoms with van der Waals surface area (Å²) in [7, 11) is 0. The molecule has 2 aliphatic heterocycles. The number of ether oxygens (including phenoxy) is 1. The van der Waals surface area contributed by atoms with E-state index < -0.39 is 17.6 Å². The molecule has 1 unspecified atom stereocenters. The van der Waals surface area contributed by atoms with Crippen molar-refractivity contribution in [1.29, 1.82) is 0 Å². The minimum Gasteiger partial charge on any atom is -0.367 e. The van der Waals surface area contributed by atoms with Gasteiger partial charge < -0.3 is 10.5 Å². The van der Waals surface area contributed by atoms with Gasteiger partial charge in [0.15, 0.2) is 6.10 Å². The largest absolute Gasteiger partial charge is 0.367 e. The van der Waals surface area contributed by atoms with Gasteiger partial charge in [0, 0.05) is 36.3 Å². The van der Waals surface area contributed by atoms with Crippen LogP contribution in [0.3, 0.4) is 0 Å². The predicted molar refractivity (Wildman–Crippen MR) is 101 cm³/mol. The molecule has 3 N–H and O–H groups in total. The van der Waals surface area contributed by atoms with Crippen molar-refractivity contribution in [3.8, 4) is 0 Å². The van der Waals surface area contributed by atoms with Gasteiger partial charge in [0.25, 0.3) is 5.91 Å². The van der Waals surface area contributed by atoms with Crippen LogP contribution in [-0.4, -0.2) is 34.1 Å². The van der Waals surface area contributed by atoms with Crippen molar-refractivity contribution in [3.05, 3.63) is 51.8 Å². The zero-order chi connectivity index (χ0) is 18.6. The molecule has 5 rings (SSSR count). The quantitative estimate of drug-likeness (QED) is 0.846. The number of primary amides is 1. The molecule has 142 valence electrons. The standard InChI is InChI=1S/C20H23ClN4O2/c21-13-3-4-15-16(9-13)20(27-18(15)19(22)26)5-7-25(8-6-20)11-14-10-17(24-23-14)12-1-2-12/h3-4,9-10,12,18H,1-2,5-8,11H2,(H2,22,26)(H,23,24). The first-order valence-corrected chi connectivity index (χ1v) is 9.95. The number of aromatic amines is 1. The van der Waals surface area contributed by atoms with Crippen LogP contribution in [0.25, 0.3) is 0 Å². The Kier molecular flexibility index (Phi) is 4.04. The van der Waals surface area contributed by atoms with Gasteiger partial charge in [0.05, 0.1) is 11.3 Å². The van der Waals surface area contributed by atoms with Gasteiger partial charge >= 0.3 is 0 Å². The molecule has 1 saturated carbocycles. The van der Waals surface area contributed by atoms with Gasteiger partial charge in [-0.25, -0.2) is 0 Å². The summed E-state index contributed by atoms with van der Waals surface area (Å²) >= 11 is 6.23. The molecule has 2 fully saturated rings. The van der Waals surface area contributed by atoms with Crippen molar-refractivity contribution in [3.63, 3.8) is 0 Å². The van der Waals surface area contributed by atoms with E-state index in [0.29, 0.717) is 10.9 Å². The van der Waals surface area contributed by atoms with Gasteiger partial charge in [0.2, 0.25) is 0 Å². The van der Waals surface area contributed by atoms with E-state index in [2.05, 4.69) is 21.2 Å². The number of aromatic nitrogens is 2. The summed E-state index contributed by atoms with van der Waals surface area (Å²) in [6.07, 6.45) is 3.47. The van der Waals surface area contributed by atoms with Crippen molar-refractivity contribution < 1.29 is 9.53 Å². The highest BCUT2D eigenvalue weighted by molar-refractivity contribution is 6.30. The molecule has 1 aromatic heterocycles. The van der Waals surface area contributed by atoms with Crippen LogP contribution in [-0.2, 0) is 21.7 Å². The van der Waals surface area contributed by atoms with E-state index in [1.165, 1.54) is 24.2 Å². The third kappa shape index (κ3) is 3.06. The normalized spacial score (nSPS) is 24.3.